The van der Waals surface area contributed by atoms with Crippen molar-refractivity contribution in [3.63, 3.8) is 0 Å². The number of fused-ring (bicyclic) bond motifs is 1. The SMILES string of the molecule is C[C@H](NCC(=O)N1CCc2ccccc21)c1ccc(F)c(F)c1. The normalized spacial score (nSPS) is 14.7. The first-order valence-corrected chi connectivity index (χ1v) is 7.63. The zero-order chi connectivity index (χ0) is 16.4. The van der Waals surface area contributed by atoms with E-state index in [2.05, 4.69) is 5.32 Å². The number of amides is 1. The molecule has 0 bridgehead atoms. The van der Waals surface area contributed by atoms with Crippen LogP contribution < -0.4 is 10.2 Å². The Kier molecular flexibility index (Phi) is 4.39. The molecule has 5 heteroatoms. The molecule has 0 radical (unpaired) electrons. The van der Waals surface area contributed by atoms with Crippen LogP contribution in [0.25, 0.3) is 0 Å². The Labute approximate surface area is 133 Å². The molecule has 1 aliphatic rings. The summed E-state index contributed by atoms with van der Waals surface area (Å²) in [5.41, 5.74) is 2.74. The number of hydrogen-bond donors (Lipinski definition) is 1. The minimum absolute atomic E-state index is 0.0237. The van der Waals surface area contributed by atoms with Gasteiger partial charge in [0.1, 0.15) is 0 Å². The van der Waals surface area contributed by atoms with Gasteiger partial charge in [0.25, 0.3) is 0 Å². The van der Waals surface area contributed by atoms with Crippen LogP contribution >= 0.6 is 0 Å². The van der Waals surface area contributed by atoms with E-state index < -0.39 is 11.6 Å². The summed E-state index contributed by atoms with van der Waals surface area (Å²) >= 11 is 0. The number of para-hydroxylation sites is 1. The maximum Gasteiger partial charge on any atom is 0.240 e. The fraction of sp³-hybridized carbons (Fsp3) is 0.278. The molecule has 1 heterocycles. The first-order chi connectivity index (χ1) is 11.1. The standard InChI is InChI=1S/C18H18F2N2O/c1-12(14-6-7-15(19)16(20)10-14)21-11-18(23)22-9-8-13-4-2-3-5-17(13)22/h2-7,10,12,21H,8-9,11H2,1H3/t12-/m0/s1. The Morgan fingerprint density at radius 2 is 2.00 bits per heavy atom. The Hall–Kier alpha value is -2.27. The van der Waals surface area contributed by atoms with E-state index in [0.717, 1.165) is 24.2 Å². The second kappa shape index (κ2) is 6.46. The van der Waals surface area contributed by atoms with Gasteiger partial charge in [-0.15, -0.1) is 0 Å². The zero-order valence-corrected chi connectivity index (χ0v) is 12.9. The topological polar surface area (TPSA) is 32.3 Å². The molecule has 1 N–H and O–H groups in total. The van der Waals surface area contributed by atoms with Gasteiger partial charge < -0.3 is 10.2 Å². The third kappa shape index (κ3) is 3.24. The maximum absolute atomic E-state index is 13.3. The van der Waals surface area contributed by atoms with E-state index in [1.54, 1.807) is 4.90 Å². The van der Waals surface area contributed by atoms with Crippen molar-refractivity contribution >= 4 is 11.6 Å². The number of anilines is 1. The molecule has 1 atom stereocenters. The minimum Gasteiger partial charge on any atom is -0.311 e. The summed E-state index contributed by atoms with van der Waals surface area (Å²) in [6.45, 7) is 2.64. The molecule has 0 unspecified atom stereocenters. The summed E-state index contributed by atoms with van der Waals surface area (Å²) in [7, 11) is 0. The van der Waals surface area contributed by atoms with E-state index in [0.29, 0.717) is 12.1 Å². The summed E-state index contributed by atoms with van der Waals surface area (Å²) in [6, 6.07) is 11.4. The molecule has 3 rings (SSSR count). The van der Waals surface area contributed by atoms with Crippen LogP contribution in [0.5, 0.6) is 0 Å². The zero-order valence-electron chi connectivity index (χ0n) is 12.9. The number of hydrogen-bond acceptors (Lipinski definition) is 2. The molecule has 23 heavy (non-hydrogen) atoms. The van der Waals surface area contributed by atoms with Crippen molar-refractivity contribution in [2.45, 2.75) is 19.4 Å². The van der Waals surface area contributed by atoms with E-state index in [1.165, 1.54) is 11.6 Å². The molecule has 0 saturated heterocycles. The molecular weight excluding hydrogens is 298 g/mol. The van der Waals surface area contributed by atoms with Crippen molar-refractivity contribution in [2.75, 3.05) is 18.0 Å². The Balaban J connectivity index is 1.62. The van der Waals surface area contributed by atoms with Crippen LogP contribution in [0.2, 0.25) is 0 Å². The lowest BCUT2D eigenvalue weighted by molar-refractivity contribution is -0.117. The molecule has 2 aromatic rings. The number of benzene rings is 2. The minimum atomic E-state index is -0.879. The smallest absolute Gasteiger partial charge is 0.240 e. The third-order valence-corrected chi connectivity index (χ3v) is 4.19. The molecule has 0 aromatic heterocycles. The van der Waals surface area contributed by atoms with Crippen molar-refractivity contribution in [3.8, 4) is 0 Å². The first-order valence-electron chi connectivity index (χ1n) is 7.63. The van der Waals surface area contributed by atoms with E-state index in [-0.39, 0.29) is 18.5 Å². The summed E-state index contributed by atoms with van der Waals surface area (Å²) in [5.74, 6) is -1.77. The molecule has 0 fully saturated rings. The van der Waals surface area contributed by atoms with Crippen LogP contribution in [-0.2, 0) is 11.2 Å². The highest BCUT2D eigenvalue weighted by Gasteiger charge is 2.24. The van der Waals surface area contributed by atoms with Crippen LogP contribution in [0.4, 0.5) is 14.5 Å². The number of rotatable bonds is 4. The molecule has 1 aliphatic heterocycles. The lowest BCUT2D eigenvalue weighted by Crippen LogP contribution is -2.38. The lowest BCUT2D eigenvalue weighted by atomic mass is 10.1. The molecule has 1 amide bonds. The second-order valence-corrected chi connectivity index (χ2v) is 5.70. The van der Waals surface area contributed by atoms with Crippen molar-refractivity contribution in [1.29, 1.82) is 0 Å². The Morgan fingerprint density at radius 3 is 2.78 bits per heavy atom. The van der Waals surface area contributed by atoms with Crippen LogP contribution in [0.3, 0.4) is 0 Å². The molecule has 0 saturated carbocycles. The van der Waals surface area contributed by atoms with Gasteiger partial charge in [-0.1, -0.05) is 24.3 Å². The van der Waals surface area contributed by atoms with Gasteiger partial charge in [-0.2, -0.15) is 0 Å². The van der Waals surface area contributed by atoms with Gasteiger partial charge in [0, 0.05) is 18.3 Å². The fourth-order valence-electron chi connectivity index (χ4n) is 2.83. The van der Waals surface area contributed by atoms with Crippen molar-refractivity contribution in [1.82, 2.24) is 5.32 Å². The predicted octanol–water partition coefficient (Wildman–Crippen LogP) is 3.20. The number of nitrogens with one attached hydrogen (secondary N) is 1. The van der Waals surface area contributed by atoms with Crippen LogP contribution in [0.15, 0.2) is 42.5 Å². The summed E-state index contributed by atoms with van der Waals surface area (Å²) in [6.07, 6.45) is 0.862. The average molecular weight is 316 g/mol. The molecular formula is C18H18F2N2O. The highest BCUT2D eigenvalue weighted by Crippen LogP contribution is 2.27. The number of carbonyl (C=O) groups excluding carboxylic acids is 1. The fourth-order valence-corrected chi connectivity index (χ4v) is 2.83. The Bertz CT molecular complexity index is 733. The van der Waals surface area contributed by atoms with Gasteiger partial charge in [0.05, 0.1) is 6.54 Å². The van der Waals surface area contributed by atoms with Crippen LogP contribution in [-0.4, -0.2) is 19.0 Å². The second-order valence-electron chi connectivity index (χ2n) is 5.70. The van der Waals surface area contributed by atoms with Crippen LogP contribution in [0, 0.1) is 11.6 Å². The van der Waals surface area contributed by atoms with Gasteiger partial charge >= 0.3 is 0 Å². The maximum atomic E-state index is 13.3. The van der Waals surface area contributed by atoms with Crippen molar-refractivity contribution in [2.24, 2.45) is 0 Å². The van der Waals surface area contributed by atoms with E-state index in [9.17, 15) is 13.6 Å². The van der Waals surface area contributed by atoms with E-state index >= 15 is 0 Å². The van der Waals surface area contributed by atoms with Crippen molar-refractivity contribution in [3.05, 3.63) is 65.2 Å². The molecule has 3 nitrogen and oxygen atoms in total. The highest BCUT2D eigenvalue weighted by molar-refractivity contribution is 5.96. The summed E-state index contributed by atoms with van der Waals surface area (Å²) in [4.78, 5) is 14.2. The predicted molar refractivity (Wildman–Crippen MR) is 85.3 cm³/mol. The quantitative estimate of drug-likeness (QED) is 0.939. The van der Waals surface area contributed by atoms with E-state index in [4.69, 9.17) is 0 Å². The molecule has 0 aliphatic carbocycles. The third-order valence-electron chi connectivity index (χ3n) is 4.19. The highest BCUT2D eigenvalue weighted by atomic mass is 19.2. The van der Waals surface area contributed by atoms with Crippen molar-refractivity contribution < 1.29 is 13.6 Å². The van der Waals surface area contributed by atoms with Gasteiger partial charge in [0.15, 0.2) is 11.6 Å². The van der Waals surface area contributed by atoms with Crippen LogP contribution in [0.1, 0.15) is 24.1 Å². The molecule has 0 spiro atoms. The Morgan fingerprint density at radius 1 is 1.22 bits per heavy atom. The number of nitrogens with zero attached hydrogens (tertiary/aromatic N) is 1. The van der Waals surface area contributed by atoms with Gasteiger partial charge in [-0.3, -0.25) is 4.79 Å². The average Bonchev–Trinajstić information content (AvgIpc) is 2.99. The largest absolute Gasteiger partial charge is 0.311 e. The number of carbonyl (C=O) groups is 1. The van der Waals surface area contributed by atoms with Gasteiger partial charge in [0.2, 0.25) is 5.91 Å². The summed E-state index contributed by atoms with van der Waals surface area (Å²) < 4.78 is 26.2. The van der Waals surface area contributed by atoms with Gasteiger partial charge in [-0.05, 0) is 42.7 Å². The summed E-state index contributed by atoms with van der Waals surface area (Å²) in [5, 5.41) is 3.07. The molecule has 120 valence electrons. The molecule has 2 aromatic carbocycles. The van der Waals surface area contributed by atoms with E-state index in [1.807, 2.05) is 31.2 Å². The monoisotopic (exact) mass is 316 g/mol. The number of halogens is 2. The first kappa shape index (κ1) is 15.6. The van der Waals surface area contributed by atoms with Gasteiger partial charge in [-0.25, -0.2) is 8.78 Å². The lowest BCUT2D eigenvalue weighted by Gasteiger charge is -2.20.